The van der Waals surface area contributed by atoms with Crippen molar-refractivity contribution in [2.45, 2.75) is 25.4 Å². The Morgan fingerprint density at radius 1 is 1.31 bits per heavy atom. The first-order valence-electron chi connectivity index (χ1n) is 8.96. The number of likely N-dealkylation sites (N-methyl/N-ethyl adjacent to an activating group) is 1. The highest BCUT2D eigenvalue weighted by Gasteiger charge is 2.31. The third kappa shape index (κ3) is 5.29. The first kappa shape index (κ1) is 20.7. The Balaban J connectivity index is 1.73. The van der Waals surface area contributed by atoms with Crippen molar-refractivity contribution in [1.29, 1.82) is 0 Å². The average molecular weight is 410 g/mol. The standard InChI is InChI=1S/C19H21F3N4O3/c1-25-14(12-27)8-10-26(11-16-17(25)3-2-9-23-16)18(28)24-13-4-6-15(7-5-13)29-19(20,21)22/h2-7,9,14,27H,8,10-12H2,1H3,(H,24,28). The van der Waals surface area contributed by atoms with Crippen LogP contribution in [0.4, 0.5) is 29.3 Å². The molecular formula is C19H21F3N4O3. The number of aliphatic hydroxyl groups is 1. The van der Waals surface area contributed by atoms with Gasteiger partial charge in [0.25, 0.3) is 0 Å². The number of nitrogens with one attached hydrogen (secondary N) is 1. The van der Waals surface area contributed by atoms with Crippen molar-refractivity contribution in [1.82, 2.24) is 9.88 Å². The van der Waals surface area contributed by atoms with Crippen molar-refractivity contribution in [3.05, 3.63) is 48.3 Å². The van der Waals surface area contributed by atoms with Gasteiger partial charge >= 0.3 is 12.4 Å². The summed E-state index contributed by atoms with van der Waals surface area (Å²) in [5.41, 5.74) is 1.86. The molecule has 1 aromatic carbocycles. The Hall–Kier alpha value is -3.01. The Morgan fingerprint density at radius 2 is 2.03 bits per heavy atom. The number of amides is 2. The van der Waals surface area contributed by atoms with Crippen LogP contribution in [-0.2, 0) is 6.54 Å². The first-order chi connectivity index (χ1) is 13.8. The van der Waals surface area contributed by atoms with Gasteiger partial charge in [0.15, 0.2) is 0 Å². The fourth-order valence-electron chi connectivity index (χ4n) is 3.16. The molecule has 1 atom stereocenters. The monoisotopic (exact) mass is 410 g/mol. The SMILES string of the molecule is CN1c2cccnc2CN(C(=O)Nc2ccc(OC(F)(F)F)cc2)CCC1CO. The zero-order chi connectivity index (χ0) is 21.0. The van der Waals surface area contributed by atoms with Crippen molar-refractivity contribution < 1.29 is 27.8 Å². The Morgan fingerprint density at radius 3 is 2.69 bits per heavy atom. The number of hydrogen-bond donors (Lipinski definition) is 2. The van der Waals surface area contributed by atoms with Gasteiger partial charge in [-0.15, -0.1) is 13.2 Å². The number of hydrogen-bond acceptors (Lipinski definition) is 5. The van der Waals surface area contributed by atoms with Crippen LogP contribution in [0.3, 0.4) is 0 Å². The van der Waals surface area contributed by atoms with E-state index in [1.165, 1.54) is 12.1 Å². The zero-order valence-electron chi connectivity index (χ0n) is 15.7. The average Bonchev–Trinajstić information content (AvgIpc) is 2.66. The molecule has 156 valence electrons. The van der Waals surface area contributed by atoms with Crippen LogP contribution in [0.15, 0.2) is 42.6 Å². The van der Waals surface area contributed by atoms with Crippen LogP contribution in [0.2, 0.25) is 0 Å². The third-order valence-electron chi connectivity index (χ3n) is 4.70. The summed E-state index contributed by atoms with van der Waals surface area (Å²) in [6.07, 6.45) is -2.59. The number of rotatable bonds is 3. The molecule has 1 unspecified atom stereocenters. The molecule has 2 N–H and O–H groups in total. The molecule has 2 heterocycles. The Labute approximate surface area is 165 Å². The zero-order valence-corrected chi connectivity index (χ0v) is 15.7. The van der Waals surface area contributed by atoms with Gasteiger partial charge in [-0.05, 0) is 42.8 Å². The van der Waals surface area contributed by atoms with Crippen LogP contribution in [0.1, 0.15) is 12.1 Å². The first-order valence-corrected chi connectivity index (χ1v) is 8.96. The van der Waals surface area contributed by atoms with Gasteiger partial charge in [-0.2, -0.15) is 0 Å². The molecule has 0 spiro atoms. The van der Waals surface area contributed by atoms with E-state index in [2.05, 4.69) is 15.0 Å². The van der Waals surface area contributed by atoms with E-state index < -0.39 is 12.4 Å². The van der Waals surface area contributed by atoms with Crippen LogP contribution in [0.25, 0.3) is 0 Å². The summed E-state index contributed by atoms with van der Waals surface area (Å²) < 4.78 is 40.6. The Bertz CT molecular complexity index is 845. The van der Waals surface area contributed by atoms with Gasteiger partial charge in [-0.1, -0.05) is 0 Å². The third-order valence-corrected chi connectivity index (χ3v) is 4.70. The molecule has 2 amide bonds. The number of alkyl halides is 3. The lowest BCUT2D eigenvalue weighted by Crippen LogP contribution is -2.44. The molecule has 1 aliphatic heterocycles. The maximum Gasteiger partial charge on any atom is 0.573 e. The number of halogens is 3. The summed E-state index contributed by atoms with van der Waals surface area (Å²) >= 11 is 0. The molecular weight excluding hydrogens is 389 g/mol. The van der Waals surface area contributed by atoms with E-state index in [1.54, 1.807) is 17.2 Å². The molecule has 29 heavy (non-hydrogen) atoms. The summed E-state index contributed by atoms with van der Waals surface area (Å²) in [7, 11) is 1.88. The normalized spacial score (nSPS) is 17.2. The molecule has 0 saturated carbocycles. The molecule has 0 bridgehead atoms. The lowest BCUT2D eigenvalue weighted by atomic mass is 10.1. The van der Waals surface area contributed by atoms with Crippen molar-refractivity contribution in [3.8, 4) is 5.75 Å². The second kappa shape index (κ2) is 8.56. The molecule has 10 heteroatoms. The van der Waals surface area contributed by atoms with Gasteiger partial charge in [-0.25, -0.2) is 4.79 Å². The van der Waals surface area contributed by atoms with Crippen LogP contribution < -0.4 is 15.0 Å². The van der Waals surface area contributed by atoms with Gasteiger partial charge in [0.2, 0.25) is 0 Å². The number of nitrogens with zero attached hydrogens (tertiary/aromatic N) is 3. The molecule has 7 nitrogen and oxygen atoms in total. The number of urea groups is 1. The van der Waals surface area contributed by atoms with E-state index in [0.29, 0.717) is 24.3 Å². The van der Waals surface area contributed by atoms with Gasteiger partial charge in [0.05, 0.1) is 30.6 Å². The number of aromatic nitrogens is 1. The highest BCUT2D eigenvalue weighted by molar-refractivity contribution is 5.89. The van der Waals surface area contributed by atoms with Gasteiger partial charge < -0.3 is 25.0 Å². The number of carbonyl (C=O) groups excluding carboxylic acids is 1. The van der Waals surface area contributed by atoms with Crippen LogP contribution in [-0.4, -0.2) is 53.6 Å². The maximum absolute atomic E-state index is 12.7. The molecule has 0 saturated heterocycles. The molecule has 0 radical (unpaired) electrons. The number of aliphatic hydroxyl groups excluding tert-OH is 1. The second-order valence-corrected chi connectivity index (χ2v) is 6.63. The highest BCUT2D eigenvalue weighted by atomic mass is 19.4. The fourth-order valence-corrected chi connectivity index (χ4v) is 3.16. The molecule has 0 fully saturated rings. The number of benzene rings is 1. The number of fused-ring (bicyclic) bond motifs is 1. The predicted octanol–water partition coefficient (Wildman–Crippen LogP) is 3.22. The number of anilines is 2. The number of ether oxygens (including phenoxy) is 1. The van der Waals surface area contributed by atoms with Gasteiger partial charge in [0.1, 0.15) is 5.75 Å². The van der Waals surface area contributed by atoms with Gasteiger partial charge in [0, 0.05) is 25.5 Å². The summed E-state index contributed by atoms with van der Waals surface area (Å²) in [6.45, 7) is 0.577. The fraction of sp³-hybridized carbons (Fsp3) is 0.368. The molecule has 1 aliphatic rings. The predicted molar refractivity (Wildman–Crippen MR) is 101 cm³/mol. The minimum Gasteiger partial charge on any atom is -0.406 e. The maximum atomic E-state index is 12.7. The topological polar surface area (TPSA) is 77.9 Å². The van der Waals surface area contributed by atoms with Crippen LogP contribution in [0.5, 0.6) is 5.75 Å². The van der Waals surface area contributed by atoms with Gasteiger partial charge in [-0.3, -0.25) is 4.98 Å². The lowest BCUT2D eigenvalue weighted by Gasteiger charge is -2.35. The molecule has 1 aromatic heterocycles. The highest BCUT2D eigenvalue weighted by Crippen LogP contribution is 2.26. The summed E-state index contributed by atoms with van der Waals surface area (Å²) in [4.78, 5) is 20.6. The minimum absolute atomic E-state index is 0.0685. The largest absolute Gasteiger partial charge is 0.573 e. The van der Waals surface area contributed by atoms with Crippen molar-refractivity contribution >= 4 is 17.4 Å². The lowest BCUT2D eigenvalue weighted by molar-refractivity contribution is -0.274. The van der Waals surface area contributed by atoms with E-state index in [1.807, 2.05) is 18.0 Å². The quantitative estimate of drug-likeness (QED) is 0.813. The molecule has 2 aromatic rings. The van der Waals surface area contributed by atoms with E-state index in [9.17, 15) is 23.1 Å². The van der Waals surface area contributed by atoms with E-state index >= 15 is 0 Å². The molecule has 3 rings (SSSR count). The smallest absolute Gasteiger partial charge is 0.406 e. The van der Waals surface area contributed by atoms with Crippen LogP contribution >= 0.6 is 0 Å². The summed E-state index contributed by atoms with van der Waals surface area (Å²) in [5, 5.41) is 12.4. The summed E-state index contributed by atoms with van der Waals surface area (Å²) in [5.74, 6) is -0.367. The minimum atomic E-state index is -4.77. The number of carbonyl (C=O) groups is 1. The van der Waals surface area contributed by atoms with E-state index in [4.69, 9.17) is 0 Å². The second-order valence-electron chi connectivity index (χ2n) is 6.63. The van der Waals surface area contributed by atoms with Crippen molar-refractivity contribution in [3.63, 3.8) is 0 Å². The Kier molecular flexibility index (Phi) is 6.12. The summed E-state index contributed by atoms with van der Waals surface area (Å²) in [6, 6.07) is 8.01. The molecule has 0 aliphatic carbocycles. The van der Waals surface area contributed by atoms with E-state index in [0.717, 1.165) is 17.8 Å². The van der Waals surface area contributed by atoms with Crippen molar-refractivity contribution in [2.24, 2.45) is 0 Å². The number of pyridine rings is 1. The van der Waals surface area contributed by atoms with E-state index in [-0.39, 0.29) is 24.9 Å². The van der Waals surface area contributed by atoms with Crippen LogP contribution in [0, 0.1) is 0 Å². The van der Waals surface area contributed by atoms with Crippen molar-refractivity contribution in [2.75, 3.05) is 30.4 Å².